The van der Waals surface area contributed by atoms with Crippen LogP contribution in [0.15, 0.2) is 55.1 Å². The van der Waals surface area contributed by atoms with E-state index in [1.165, 1.54) is 31.4 Å². The van der Waals surface area contributed by atoms with E-state index in [0.717, 1.165) is 48.9 Å². The molecule has 2 bridgehead atoms. The molecule has 0 amide bonds. The summed E-state index contributed by atoms with van der Waals surface area (Å²) in [6.45, 7) is 6.31. The maximum absolute atomic E-state index is 6.43. The summed E-state index contributed by atoms with van der Waals surface area (Å²) in [7, 11) is 1.69. The Morgan fingerprint density at radius 1 is 0.956 bits per heavy atom. The number of morpholine rings is 1. The van der Waals surface area contributed by atoms with Crippen LogP contribution in [0.25, 0.3) is 11.1 Å². The van der Waals surface area contributed by atoms with Gasteiger partial charge in [0, 0.05) is 60.9 Å². The van der Waals surface area contributed by atoms with Gasteiger partial charge in [0.25, 0.3) is 0 Å². The van der Waals surface area contributed by atoms with E-state index in [1.807, 2.05) is 31.2 Å². The number of halogens is 1. The summed E-state index contributed by atoms with van der Waals surface area (Å²) in [5.74, 6) is 1.80. The smallest absolute Gasteiger partial charge is 0.227 e. The van der Waals surface area contributed by atoms with Gasteiger partial charge in [-0.1, -0.05) is 17.7 Å². The maximum atomic E-state index is 6.43. The number of anilines is 3. The Morgan fingerprint density at radius 3 is 2.44 bits per heavy atom. The molecular formula is C32H38ClN9O3. The number of nitrogens with one attached hydrogen (secondary N) is 1. The second kappa shape index (κ2) is 13.2. The fourth-order valence-electron chi connectivity index (χ4n) is 6.88. The van der Waals surface area contributed by atoms with Crippen LogP contribution in [0.5, 0.6) is 11.5 Å². The first kappa shape index (κ1) is 29.7. The van der Waals surface area contributed by atoms with E-state index in [1.54, 1.807) is 30.5 Å². The Hall–Kier alpha value is -4.00. The van der Waals surface area contributed by atoms with Crippen LogP contribution in [0.4, 0.5) is 17.3 Å². The average Bonchev–Trinajstić information content (AvgIpc) is 3.67. The number of benzene rings is 2. The Labute approximate surface area is 267 Å². The average molecular weight is 632 g/mol. The van der Waals surface area contributed by atoms with E-state index >= 15 is 0 Å². The predicted octanol–water partition coefficient (Wildman–Crippen LogP) is 4.84. The van der Waals surface area contributed by atoms with Crippen molar-refractivity contribution in [1.29, 1.82) is 0 Å². The van der Waals surface area contributed by atoms with Gasteiger partial charge in [-0.05, 0) is 72.9 Å². The summed E-state index contributed by atoms with van der Waals surface area (Å²) in [6.07, 6.45) is 9.83. The Balaban J connectivity index is 0.978. The standard InChI is InChI=1S/C32H38ClN9O3/c1-21(17-41-20-36-38-39-41)45-30-13-22(3-7-28(30)33)23-15-34-32(35-16-23)37-29-8-6-25(14-31(29)43-2)40-11-9-24(10-12-40)42-26-4-5-27(42)19-44-18-26/h3,6-8,13-16,20-21,24,26-27H,4-5,9-12,17-19H2,1-2H3,(H,34,35,37)/t21-,26?,27?/m0/s1. The molecule has 45 heavy (non-hydrogen) atoms. The lowest BCUT2D eigenvalue weighted by atomic mass is 10.00. The van der Waals surface area contributed by atoms with Crippen molar-refractivity contribution in [1.82, 2.24) is 35.1 Å². The van der Waals surface area contributed by atoms with Gasteiger partial charge in [0.2, 0.25) is 5.95 Å². The van der Waals surface area contributed by atoms with Crippen LogP contribution in [0.3, 0.4) is 0 Å². The van der Waals surface area contributed by atoms with Gasteiger partial charge in [-0.15, -0.1) is 5.10 Å². The van der Waals surface area contributed by atoms with Gasteiger partial charge in [0.05, 0.1) is 37.6 Å². The largest absolute Gasteiger partial charge is 0.494 e. The number of fused-ring (bicyclic) bond motifs is 2. The van der Waals surface area contributed by atoms with Crippen molar-refractivity contribution in [2.24, 2.45) is 0 Å². The molecule has 1 N–H and O–H groups in total. The molecule has 0 radical (unpaired) electrons. The van der Waals surface area contributed by atoms with Crippen molar-refractivity contribution >= 4 is 28.9 Å². The number of nitrogens with zero attached hydrogens (tertiary/aromatic N) is 8. The number of tetrazole rings is 1. The van der Waals surface area contributed by atoms with Crippen LogP contribution < -0.4 is 19.7 Å². The lowest BCUT2D eigenvalue weighted by molar-refractivity contribution is -0.0407. The molecule has 3 aliphatic heterocycles. The summed E-state index contributed by atoms with van der Waals surface area (Å²) < 4.78 is 19.3. The quantitative estimate of drug-likeness (QED) is 0.259. The highest BCUT2D eigenvalue weighted by Crippen LogP contribution is 2.37. The first-order chi connectivity index (χ1) is 22.0. The minimum Gasteiger partial charge on any atom is -0.494 e. The zero-order chi connectivity index (χ0) is 30.8. The fourth-order valence-corrected chi connectivity index (χ4v) is 7.04. The molecule has 13 heteroatoms. The third kappa shape index (κ3) is 6.54. The second-order valence-corrected chi connectivity index (χ2v) is 12.4. The van der Waals surface area contributed by atoms with Gasteiger partial charge in [-0.25, -0.2) is 14.6 Å². The van der Waals surface area contributed by atoms with Crippen molar-refractivity contribution in [2.75, 3.05) is 43.6 Å². The lowest BCUT2D eigenvalue weighted by Gasteiger charge is -2.44. The normalized spacial score (nSPS) is 21.1. The van der Waals surface area contributed by atoms with Crippen LogP contribution in [-0.4, -0.2) is 92.7 Å². The minimum atomic E-state index is -0.192. The molecule has 7 rings (SSSR count). The summed E-state index contributed by atoms with van der Waals surface area (Å²) in [5, 5.41) is 15.0. The number of hydrogen-bond donors (Lipinski definition) is 1. The third-order valence-corrected chi connectivity index (χ3v) is 9.37. The van der Waals surface area contributed by atoms with Gasteiger partial charge < -0.3 is 24.4 Å². The van der Waals surface area contributed by atoms with E-state index in [2.05, 4.69) is 52.7 Å². The number of piperidine rings is 1. The van der Waals surface area contributed by atoms with E-state index in [-0.39, 0.29) is 6.10 Å². The zero-order valence-corrected chi connectivity index (χ0v) is 26.3. The van der Waals surface area contributed by atoms with Crippen molar-refractivity contribution in [3.8, 4) is 22.6 Å². The number of aromatic nitrogens is 6. The number of ether oxygens (including phenoxy) is 3. The summed E-state index contributed by atoms with van der Waals surface area (Å²) in [4.78, 5) is 14.4. The molecule has 2 aromatic heterocycles. The topological polar surface area (TPSA) is 116 Å². The van der Waals surface area contributed by atoms with Crippen LogP contribution >= 0.6 is 11.6 Å². The molecule has 5 heterocycles. The number of methoxy groups -OCH3 is 1. The zero-order valence-electron chi connectivity index (χ0n) is 25.5. The molecule has 3 fully saturated rings. The fraction of sp³-hybridized carbons (Fsp3) is 0.469. The van der Waals surface area contributed by atoms with Gasteiger partial charge in [0.15, 0.2) is 0 Å². The molecule has 3 atom stereocenters. The Morgan fingerprint density at radius 2 is 1.73 bits per heavy atom. The first-order valence-electron chi connectivity index (χ1n) is 15.6. The van der Waals surface area contributed by atoms with E-state index in [4.69, 9.17) is 25.8 Å². The highest BCUT2D eigenvalue weighted by molar-refractivity contribution is 6.32. The molecule has 2 aromatic carbocycles. The van der Waals surface area contributed by atoms with Crippen molar-refractivity contribution in [3.63, 3.8) is 0 Å². The first-order valence-corrected chi connectivity index (χ1v) is 16.0. The van der Waals surface area contributed by atoms with Crippen LogP contribution in [0, 0.1) is 0 Å². The van der Waals surface area contributed by atoms with Crippen LogP contribution in [0.2, 0.25) is 5.02 Å². The number of rotatable bonds is 10. The molecule has 3 saturated heterocycles. The Bertz CT molecular complexity index is 1570. The van der Waals surface area contributed by atoms with E-state index in [9.17, 15) is 0 Å². The number of hydrogen-bond acceptors (Lipinski definition) is 11. The molecule has 236 valence electrons. The van der Waals surface area contributed by atoms with Crippen molar-refractivity contribution in [2.45, 2.75) is 63.4 Å². The lowest BCUT2D eigenvalue weighted by Crippen LogP contribution is -2.54. The van der Waals surface area contributed by atoms with Crippen molar-refractivity contribution in [3.05, 3.63) is 60.1 Å². The van der Waals surface area contributed by atoms with Gasteiger partial charge in [0.1, 0.15) is 23.9 Å². The molecule has 4 aromatic rings. The predicted molar refractivity (Wildman–Crippen MR) is 171 cm³/mol. The highest BCUT2D eigenvalue weighted by Gasteiger charge is 2.42. The third-order valence-electron chi connectivity index (χ3n) is 9.06. The molecule has 0 saturated carbocycles. The van der Waals surface area contributed by atoms with Gasteiger partial charge in [-0.2, -0.15) is 0 Å². The van der Waals surface area contributed by atoms with Crippen LogP contribution in [-0.2, 0) is 11.3 Å². The minimum absolute atomic E-state index is 0.192. The van der Waals surface area contributed by atoms with Crippen LogP contribution in [0.1, 0.15) is 32.6 Å². The SMILES string of the molecule is COc1cc(N2CCC(N3C4CCC3COC4)CC2)ccc1Nc1ncc(-c2ccc(Cl)c(O[C@@H](C)Cn3cnnn3)c2)cn1. The molecular weight excluding hydrogens is 594 g/mol. The van der Waals surface area contributed by atoms with E-state index in [0.29, 0.717) is 41.4 Å². The highest BCUT2D eigenvalue weighted by atomic mass is 35.5. The maximum Gasteiger partial charge on any atom is 0.227 e. The monoisotopic (exact) mass is 631 g/mol. The summed E-state index contributed by atoms with van der Waals surface area (Å²) >= 11 is 6.43. The van der Waals surface area contributed by atoms with Gasteiger partial charge in [-0.3, -0.25) is 4.90 Å². The van der Waals surface area contributed by atoms with E-state index < -0.39 is 0 Å². The molecule has 3 aliphatic rings. The molecule has 12 nitrogen and oxygen atoms in total. The summed E-state index contributed by atoms with van der Waals surface area (Å²) in [6, 6.07) is 13.8. The molecule has 2 unspecified atom stereocenters. The molecule has 0 spiro atoms. The van der Waals surface area contributed by atoms with Crippen molar-refractivity contribution < 1.29 is 14.2 Å². The second-order valence-electron chi connectivity index (χ2n) is 12.0. The van der Waals surface area contributed by atoms with Gasteiger partial charge >= 0.3 is 0 Å². The summed E-state index contributed by atoms with van der Waals surface area (Å²) in [5.41, 5.74) is 3.71. The Kier molecular flexibility index (Phi) is 8.68. The molecule has 0 aliphatic carbocycles.